The lowest BCUT2D eigenvalue weighted by Gasteiger charge is -2.17. The zero-order valence-electron chi connectivity index (χ0n) is 14.8. The van der Waals surface area contributed by atoms with Gasteiger partial charge in [0.2, 0.25) is 0 Å². The highest BCUT2D eigenvalue weighted by Crippen LogP contribution is 2.27. The Morgan fingerprint density at radius 2 is 1.88 bits per heavy atom. The van der Waals surface area contributed by atoms with Gasteiger partial charge in [-0.05, 0) is 75.0 Å². The molecule has 0 aromatic carbocycles. The molecule has 2 aromatic rings. The van der Waals surface area contributed by atoms with Crippen LogP contribution in [-0.4, -0.2) is 34.5 Å². The van der Waals surface area contributed by atoms with E-state index in [-0.39, 0.29) is 0 Å². The first kappa shape index (κ1) is 17.1. The van der Waals surface area contributed by atoms with Crippen molar-refractivity contribution in [3.05, 3.63) is 47.5 Å². The van der Waals surface area contributed by atoms with Gasteiger partial charge in [-0.2, -0.15) is 0 Å². The van der Waals surface area contributed by atoms with Gasteiger partial charge >= 0.3 is 0 Å². The summed E-state index contributed by atoms with van der Waals surface area (Å²) in [7, 11) is 0. The summed E-state index contributed by atoms with van der Waals surface area (Å²) in [5, 5.41) is 0. The molecule has 128 valence electrons. The topological polar surface area (TPSA) is 55.0 Å². The molecule has 2 aromatic heterocycles. The maximum atomic E-state index is 5.94. The number of hydrogen-bond acceptors (Lipinski definition) is 4. The smallest absolute Gasteiger partial charge is 0.0408 e. The van der Waals surface area contributed by atoms with Crippen LogP contribution in [0.3, 0.4) is 0 Å². The molecule has 4 nitrogen and oxygen atoms in total. The Kier molecular flexibility index (Phi) is 5.59. The van der Waals surface area contributed by atoms with Crippen molar-refractivity contribution >= 4 is 0 Å². The van der Waals surface area contributed by atoms with Crippen LogP contribution in [0.4, 0.5) is 0 Å². The fourth-order valence-electron chi connectivity index (χ4n) is 3.57. The highest BCUT2D eigenvalue weighted by atomic mass is 15.1. The third-order valence-corrected chi connectivity index (χ3v) is 5.08. The molecule has 0 radical (unpaired) electrons. The number of likely N-dealkylation sites (tertiary alicyclic amines) is 1. The lowest BCUT2D eigenvalue weighted by atomic mass is 9.93. The molecule has 0 bridgehead atoms. The maximum absolute atomic E-state index is 5.94. The van der Waals surface area contributed by atoms with Crippen molar-refractivity contribution in [1.82, 2.24) is 14.9 Å². The van der Waals surface area contributed by atoms with Gasteiger partial charge in [-0.1, -0.05) is 6.92 Å². The number of nitrogens with two attached hydrogens (primary N) is 1. The molecule has 0 amide bonds. The molecule has 1 unspecified atom stereocenters. The molecule has 2 N–H and O–H groups in total. The van der Waals surface area contributed by atoms with Crippen molar-refractivity contribution < 1.29 is 0 Å². The van der Waals surface area contributed by atoms with Crippen LogP contribution in [0.1, 0.15) is 48.9 Å². The second-order valence-electron chi connectivity index (χ2n) is 6.80. The van der Waals surface area contributed by atoms with Gasteiger partial charge in [0.25, 0.3) is 0 Å². The summed E-state index contributed by atoms with van der Waals surface area (Å²) in [6, 6.07) is 4.50. The van der Waals surface area contributed by atoms with Crippen LogP contribution in [-0.2, 0) is 6.54 Å². The van der Waals surface area contributed by atoms with E-state index in [0.717, 1.165) is 29.8 Å². The number of pyridine rings is 2. The zero-order chi connectivity index (χ0) is 16.9. The number of aryl methyl sites for hydroxylation is 1. The molecule has 3 rings (SSSR count). The minimum Gasteiger partial charge on any atom is -0.330 e. The number of nitrogens with zero attached hydrogens (tertiary/aromatic N) is 3. The van der Waals surface area contributed by atoms with Gasteiger partial charge in [0, 0.05) is 42.0 Å². The molecule has 0 spiro atoms. The van der Waals surface area contributed by atoms with Crippen LogP contribution in [0.2, 0.25) is 0 Å². The Bertz CT molecular complexity index is 673. The Morgan fingerprint density at radius 3 is 2.58 bits per heavy atom. The molecule has 4 heteroatoms. The largest absolute Gasteiger partial charge is 0.330 e. The third kappa shape index (κ3) is 3.82. The first-order chi connectivity index (χ1) is 11.7. The van der Waals surface area contributed by atoms with Crippen LogP contribution in [0, 0.1) is 6.92 Å². The second kappa shape index (κ2) is 7.86. The molecule has 3 heterocycles. The Morgan fingerprint density at radius 1 is 1.12 bits per heavy atom. The first-order valence-electron chi connectivity index (χ1n) is 9.04. The summed E-state index contributed by atoms with van der Waals surface area (Å²) >= 11 is 0. The molecular weight excluding hydrogens is 296 g/mol. The van der Waals surface area contributed by atoms with Crippen molar-refractivity contribution in [3.63, 3.8) is 0 Å². The van der Waals surface area contributed by atoms with E-state index in [2.05, 4.69) is 40.8 Å². The van der Waals surface area contributed by atoms with Crippen molar-refractivity contribution in [3.8, 4) is 11.1 Å². The fraction of sp³-hybridized carbons (Fsp3) is 0.500. The van der Waals surface area contributed by atoms with Crippen molar-refractivity contribution in [2.24, 2.45) is 5.73 Å². The highest BCUT2D eigenvalue weighted by molar-refractivity contribution is 5.63. The summed E-state index contributed by atoms with van der Waals surface area (Å²) in [6.45, 7) is 8.31. The van der Waals surface area contributed by atoms with E-state index >= 15 is 0 Å². The van der Waals surface area contributed by atoms with Gasteiger partial charge in [-0.25, -0.2) is 0 Å². The lowest BCUT2D eigenvalue weighted by molar-refractivity contribution is 0.331. The summed E-state index contributed by atoms with van der Waals surface area (Å²) in [5.41, 5.74) is 11.9. The number of hydrogen-bond donors (Lipinski definition) is 1. The van der Waals surface area contributed by atoms with Gasteiger partial charge in [0.15, 0.2) is 0 Å². The molecule has 1 aliphatic rings. The van der Waals surface area contributed by atoms with Gasteiger partial charge < -0.3 is 5.73 Å². The van der Waals surface area contributed by atoms with E-state index in [4.69, 9.17) is 5.73 Å². The highest BCUT2D eigenvalue weighted by Gasteiger charge is 2.14. The van der Waals surface area contributed by atoms with Gasteiger partial charge in [-0.15, -0.1) is 0 Å². The summed E-state index contributed by atoms with van der Waals surface area (Å²) in [6.07, 6.45) is 9.55. The minimum atomic E-state index is 0.373. The van der Waals surface area contributed by atoms with Crippen LogP contribution in [0.25, 0.3) is 11.1 Å². The van der Waals surface area contributed by atoms with Crippen LogP contribution >= 0.6 is 0 Å². The lowest BCUT2D eigenvalue weighted by Crippen LogP contribution is -2.18. The zero-order valence-corrected chi connectivity index (χ0v) is 14.8. The molecule has 1 fully saturated rings. The monoisotopic (exact) mass is 324 g/mol. The SMILES string of the molecule is CCC(CN)c1cc(-c2cncc(CN3CCCC3)c2)cnc1C. The van der Waals surface area contributed by atoms with Gasteiger partial charge in [0.1, 0.15) is 0 Å². The van der Waals surface area contributed by atoms with E-state index in [1.54, 1.807) is 0 Å². The molecule has 1 saturated heterocycles. The van der Waals surface area contributed by atoms with Crippen LogP contribution in [0.15, 0.2) is 30.7 Å². The first-order valence-corrected chi connectivity index (χ1v) is 9.04. The average Bonchev–Trinajstić information content (AvgIpc) is 3.11. The number of rotatable bonds is 6. The Balaban J connectivity index is 1.87. The van der Waals surface area contributed by atoms with Crippen LogP contribution < -0.4 is 5.73 Å². The van der Waals surface area contributed by atoms with Gasteiger partial charge in [-0.3, -0.25) is 14.9 Å². The quantitative estimate of drug-likeness (QED) is 0.883. The van der Waals surface area contributed by atoms with E-state index < -0.39 is 0 Å². The standard InChI is InChI=1S/C20H28N4/c1-3-17(10-21)20-9-19(13-23-15(20)2)18-8-16(11-22-12-18)14-24-6-4-5-7-24/h8-9,11-13,17H,3-7,10,14,21H2,1-2H3. The average molecular weight is 324 g/mol. The minimum absolute atomic E-state index is 0.373. The summed E-state index contributed by atoms with van der Waals surface area (Å²) in [5.74, 6) is 0.373. The summed E-state index contributed by atoms with van der Waals surface area (Å²) in [4.78, 5) is 11.6. The second-order valence-corrected chi connectivity index (χ2v) is 6.80. The predicted molar refractivity (Wildman–Crippen MR) is 98.8 cm³/mol. The predicted octanol–water partition coefficient (Wildman–Crippen LogP) is 3.50. The molecule has 0 saturated carbocycles. The Hall–Kier alpha value is -1.78. The summed E-state index contributed by atoms with van der Waals surface area (Å²) < 4.78 is 0. The molecular formula is C20H28N4. The normalized spacial score (nSPS) is 16.5. The van der Waals surface area contributed by atoms with E-state index in [1.165, 1.54) is 37.1 Å². The maximum Gasteiger partial charge on any atom is 0.0408 e. The van der Waals surface area contributed by atoms with E-state index in [9.17, 15) is 0 Å². The molecule has 0 aliphatic carbocycles. The Labute approximate surface area is 145 Å². The van der Waals surface area contributed by atoms with E-state index in [0.29, 0.717) is 12.5 Å². The van der Waals surface area contributed by atoms with Crippen molar-refractivity contribution in [1.29, 1.82) is 0 Å². The third-order valence-electron chi connectivity index (χ3n) is 5.08. The fourth-order valence-corrected chi connectivity index (χ4v) is 3.57. The number of aromatic nitrogens is 2. The van der Waals surface area contributed by atoms with Gasteiger partial charge in [0.05, 0.1) is 0 Å². The van der Waals surface area contributed by atoms with Crippen LogP contribution in [0.5, 0.6) is 0 Å². The molecule has 1 aliphatic heterocycles. The molecule has 24 heavy (non-hydrogen) atoms. The van der Waals surface area contributed by atoms with Crippen molar-refractivity contribution in [2.75, 3.05) is 19.6 Å². The van der Waals surface area contributed by atoms with Crippen molar-refractivity contribution in [2.45, 2.75) is 45.6 Å². The molecule has 1 atom stereocenters. The van der Waals surface area contributed by atoms with E-state index in [1.807, 2.05) is 18.6 Å².